The first kappa shape index (κ1) is 21.6. The van der Waals surface area contributed by atoms with Gasteiger partial charge in [0.1, 0.15) is 5.56 Å². The zero-order valence-corrected chi connectivity index (χ0v) is 19.2. The molecule has 0 saturated carbocycles. The molecule has 2 aromatic heterocycles. The molecular weight excluding hydrogens is 428 g/mol. The predicted molar refractivity (Wildman–Crippen MR) is 132 cm³/mol. The Kier molecular flexibility index (Phi) is 5.49. The van der Waals surface area contributed by atoms with Crippen LogP contribution in [0, 0.1) is 13.8 Å². The van der Waals surface area contributed by atoms with Crippen LogP contribution in [0.25, 0.3) is 5.65 Å². The first-order valence-electron chi connectivity index (χ1n) is 11.3. The van der Waals surface area contributed by atoms with Crippen LogP contribution in [0.1, 0.15) is 39.3 Å². The largest absolute Gasteiger partial charge is 0.365 e. The van der Waals surface area contributed by atoms with Crippen molar-refractivity contribution in [1.29, 1.82) is 0 Å². The van der Waals surface area contributed by atoms with Gasteiger partial charge in [0.2, 0.25) is 5.91 Å². The Morgan fingerprint density at radius 1 is 1.09 bits per heavy atom. The third-order valence-electron chi connectivity index (χ3n) is 6.43. The minimum absolute atomic E-state index is 0.0727. The number of anilines is 3. The lowest BCUT2D eigenvalue weighted by molar-refractivity contribution is -0.116. The predicted octanol–water partition coefficient (Wildman–Crippen LogP) is 3.71. The highest BCUT2D eigenvalue weighted by Crippen LogP contribution is 2.34. The number of benzene rings is 2. The van der Waals surface area contributed by atoms with Crippen LogP contribution in [0.15, 0.2) is 54.7 Å². The summed E-state index contributed by atoms with van der Waals surface area (Å²) in [5, 5.41) is 7.22. The number of amides is 2. The average molecular weight is 455 g/mol. The summed E-state index contributed by atoms with van der Waals surface area (Å²) in [4.78, 5) is 31.0. The summed E-state index contributed by atoms with van der Waals surface area (Å²) in [6, 6.07) is 16.4. The number of carbonyl (C=O) groups is 2. The lowest BCUT2D eigenvalue weighted by Crippen LogP contribution is -2.16. The molecule has 2 amide bonds. The highest BCUT2D eigenvalue weighted by molar-refractivity contribution is 5.98. The number of para-hydroxylation sites is 1. The van der Waals surface area contributed by atoms with Gasteiger partial charge in [0.05, 0.1) is 6.20 Å². The maximum Gasteiger partial charge on any atom is 0.254 e. The Labute approximate surface area is 197 Å². The molecule has 3 N–H and O–H groups in total. The molecule has 0 radical (unpaired) electrons. The van der Waals surface area contributed by atoms with Gasteiger partial charge in [0.15, 0.2) is 5.65 Å². The third kappa shape index (κ3) is 3.87. The first-order chi connectivity index (χ1) is 16.4. The van der Waals surface area contributed by atoms with Gasteiger partial charge in [0.25, 0.3) is 5.91 Å². The standard InChI is InChI=1S/C26H26N6O2/c1-16-21(17(2)32-26(29-16)22(15-28-32)25(27)34)11-12-24(33)30-19-7-9-20(10-8-19)31-14-13-18-5-3-4-6-23(18)31/h3-10,15H,11-14H2,1-2H3,(H2,27,34)(H,30,33). The lowest BCUT2D eigenvalue weighted by Gasteiger charge is -2.20. The fourth-order valence-electron chi connectivity index (χ4n) is 4.64. The number of fused-ring (bicyclic) bond motifs is 2. The number of aromatic nitrogens is 3. The molecule has 1 aliphatic heterocycles. The third-order valence-corrected chi connectivity index (χ3v) is 6.43. The van der Waals surface area contributed by atoms with Crippen LogP contribution < -0.4 is 16.0 Å². The minimum atomic E-state index is -0.562. The molecule has 0 atom stereocenters. The van der Waals surface area contributed by atoms with Crippen LogP contribution >= 0.6 is 0 Å². The quantitative estimate of drug-likeness (QED) is 0.462. The van der Waals surface area contributed by atoms with Crippen molar-refractivity contribution in [2.45, 2.75) is 33.1 Å². The lowest BCUT2D eigenvalue weighted by atomic mass is 10.1. The van der Waals surface area contributed by atoms with Crippen LogP contribution in [0.3, 0.4) is 0 Å². The van der Waals surface area contributed by atoms with E-state index in [-0.39, 0.29) is 11.5 Å². The molecule has 0 spiro atoms. The van der Waals surface area contributed by atoms with Gasteiger partial charge < -0.3 is 16.0 Å². The maximum atomic E-state index is 12.6. The zero-order valence-electron chi connectivity index (χ0n) is 19.2. The van der Waals surface area contributed by atoms with Gasteiger partial charge in [-0.05, 0) is 68.1 Å². The molecule has 34 heavy (non-hydrogen) atoms. The van der Waals surface area contributed by atoms with Gasteiger partial charge in [-0.3, -0.25) is 9.59 Å². The minimum Gasteiger partial charge on any atom is -0.365 e. The number of nitrogens with zero attached hydrogens (tertiary/aromatic N) is 4. The molecule has 8 heteroatoms. The summed E-state index contributed by atoms with van der Waals surface area (Å²) in [7, 11) is 0. The van der Waals surface area contributed by atoms with E-state index in [2.05, 4.69) is 44.6 Å². The molecule has 8 nitrogen and oxygen atoms in total. The second-order valence-electron chi connectivity index (χ2n) is 8.54. The number of nitrogens with two attached hydrogens (primary N) is 1. The van der Waals surface area contributed by atoms with Crippen LogP contribution in [-0.2, 0) is 17.6 Å². The average Bonchev–Trinajstić information content (AvgIpc) is 3.44. The Hall–Kier alpha value is -4.20. The number of hydrogen-bond acceptors (Lipinski definition) is 5. The van der Waals surface area contributed by atoms with Crippen LogP contribution in [0.4, 0.5) is 17.1 Å². The number of hydrogen-bond donors (Lipinski definition) is 2. The molecule has 1 aliphatic rings. The summed E-state index contributed by atoms with van der Waals surface area (Å²) in [6.07, 6.45) is 3.29. The smallest absolute Gasteiger partial charge is 0.254 e. The fourth-order valence-corrected chi connectivity index (χ4v) is 4.64. The van der Waals surface area contributed by atoms with Gasteiger partial charge in [-0.1, -0.05) is 18.2 Å². The zero-order chi connectivity index (χ0) is 23.8. The van der Waals surface area contributed by atoms with E-state index in [9.17, 15) is 9.59 Å². The molecule has 172 valence electrons. The number of nitrogens with one attached hydrogen (secondary N) is 1. The Bertz CT molecular complexity index is 1410. The van der Waals surface area contributed by atoms with Gasteiger partial charge >= 0.3 is 0 Å². The van der Waals surface area contributed by atoms with Gasteiger partial charge in [-0.25, -0.2) is 9.50 Å². The van der Waals surface area contributed by atoms with Crippen molar-refractivity contribution in [3.8, 4) is 0 Å². The van der Waals surface area contributed by atoms with E-state index >= 15 is 0 Å². The summed E-state index contributed by atoms with van der Waals surface area (Å²) in [5.74, 6) is -0.634. The molecule has 2 aromatic carbocycles. The van der Waals surface area contributed by atoms with E-state index in [0.717, 1.165) is 41.3 Å². The van der Waals surface area contributed by atoms with Crippen molar-refractivity contribution < 1.29 is 9.59 Å². The summed E-state index contributed by atoms with van der Waals surface area (Å²) >= 11 is 0. The van der Waals surface area contributed by atoms with Crippen LogP contribution in [-0.4, -0.2) is 33.0 Å². The van der Waals surface area contributed by atoms with Crippen LogP contribution in [0.5, 0.6) is 0 Å². The molecule has 0 unspecified atom stereocenters. The second-order valence-corrected chi connectivity index (χ2v) is 8.54. The van der Waals surface area contributed by atoms with E-state index < -0.39 is 5.91 Å². The number of carbonyl (C=O) groups excluding carboxylic acids is 2. The molecule has 3 heterocycles. The molecule has 0 saturated heterocycles. The SMILES string of the molecule is Cc1nc2c(C(N)=O)cnn2c(C)c1CCC(=O)Nc1ccc(N2CCc3ccccc32)cc1. The summed E-state index contributed by atoms with van der Waals surface area (Å²) in [5.41, 5.74) is 13.2. The molecule has 4 aromatic rings. The van der Waals surface area contributed by atoms with Crippen molar-refractivity contribution in [2.24, 2.45) is 5.73 Å². The summed E-state index contributed by atoms with van der Waals surface area (Å²) in [6.45, 7) is 4.73. The van der Waals surface area contributed by atoms with Gasteiger partial charge in [-0.15, -0.1) is 0 Å². The van der Waals surface area contributed by atoms with E-state index in [1.807, 2.05) is 38.1 Å². The van der Waals surface area contributed by atoms with E-state index in [1.54, 1.807) is 4.52 Å². The Balaban J connectivity index is 1.25. The molecule has 5 rings (SSSR count). The summed E-state index contributed by atoms with van der Waals surface area (Å²) < 4.78 is 1.61. The van der Waals surface area contributed by atoms with Crippen LogP contribution in [0.2, 0.25) is 0 Å². The van der Waals surface area contributed by atoms with Gasteiger partial charge in [0, 0.05) is 41.4 Å². The fraction of sp³-hybridized carbons (Fsp3) is 0.231. The number of rotatable bonds is 6. The molecular formula is C26H26N6O2. The van der Waals surface area contributed by atoms with Crippen molar-refractivity contribution in [1.82, 2.24) is 14.6 Å². The van der Waals surface area contributed by atoms with Gasteiger partial charge in [-0.2, -0.15) is 5.10 Å². The normalized spacial score (nSPS) is 12.7. The van der Waals surface area contributed by atoms with E-state index in [1.165, 1.54) is 17.4 Å². The Morgan fingerprint density at radius 3 is 2.62 bits per heavy atom. The number of aryl methyl sites for hydroxylation is 2. The second kappa shape index (κ2) is 8.62. The van der Waals surface area contributed by atoms with Crippen molar-refractivity contribution >= 4 is 34.5 Å². The molecule has 0 aliphatic carbocycles. The Morgan fingerprint density at radius 2 is 1.85 bits per heavy atom. The highest BCUT2D eigenvalue weighted by atomic mass is 16.2. The maximum absolute atomic E-state index is 12.6. The van der Waals surface area contributed by atoms with E-state index in [4.69, 9.17) is 5.73 Å². The topological polar surface area (TPSA) is 106 Å². The highest BCUT2D eigenvalue weighted by Gasteiger charge is 2.20. The number of primary amides is 1. The molecule has 0 fully saturated rings. The molecule has 0 bridgehead atoms. The first-order valence-corrected chi connectivity index (χ1v) is 11.3. The van der Waals surface area contributed by atoms with Crippen molar-refractivity contribution in [2.75, 3.05) is 16.8 Å². The van der Waals surface area contributed by atoms with Crippen molar-refractivity contribution in [3.63, 3.8) is 0 Å². The van der Waals surface area contributed by atoms with Crippen molar-refractivity contribution in [3.05, 3.63) is 82.8 Å². The van der Waals surface area contributed by atoms with E-state index in [0.29, 0.717) is 18.5 Å². The monoisotopic (exact) mass is 454 g/mol.